The van der Waals surface area contributed by atoms with Gasteiger partial charge in [0.1, 0.15) is 29.0 Å². The minimum atomic E-state index is -1.40. The van der Waals surface area contributed by atoms with Gasteiger partial charge in [-0.1, -0.05) is 12.2 Å². The summed E-state index contributed by atoms with van der Waals surface area (Å²) in [5.74, 6) is -4.60. The maximum absolute atomic E-state index is 14.2. The molecule has 0 unspecified atom stereocenters. The fraction of sp³-hybridized carbons (Fsp3) is 0.441. The van der Waals surface area contributed by atoms with Gasteiger partial charge in [0.15, 0.2) is 5.82 Å². The van der Waals surface area contributed by atoms with Crippen molar-refractivity contribution in [2.45, 2.75) is 57.1 Å². The van der Waals surface area contributed by atoms with E-state index in [1.807, 2.05) is 12.2 Å². The molecular weight excluding hydrogens is 598 g/mol. The van der Waals surface area contributed by atoms with Crippen LogP contribution in [0.2, 0.25) is 0 Å². The lowest BCUT2D eigenvalue weighted by atomic mass is 9.93. The predicted molar refractivity (Wildman–Crippen MR) is 164 cm³/mol. The van der Waals surface area contributed by atoms with Crippen molar-refractivity contribution in [1.82, 2.24) is 20.2 Å². The highest BCUT2D eigenvalue weighted by Gasteiger charge is 2.61. The smallest absolute Gasteiger partial charge is 0.330 e. The topological polar surface area (TPSA) is 131 Å². The van der Waals surface area contributed by atoms with Crippen molar-refractivity contribution in [3.05, 3.63) is 59.7 Å². The van der Waals surface area contributed by atoms with Gasteiger partial charge in [-0.15, -0.1) is 0 Å². The first-order valence-electron chi connectivity index (χ1n) is 15.5. The molecule has 6 rings (SSSR count). The average molecular weight is 635 g/mol. The second-order valence-corrected chi connectivity index (χ2v) is 12.5. The molecule has 12 heteroatoms. The number of aryl methyl sites for hydroxylation is 1. The molecule has 0 saturated heterocycles. The highest BCUT2D eigenvalue weighted by molar-refractivity contribution is 5.94. The Labute approximate surface area is 264 Å². The second-order valence-electron chi connectivity index (χ2n) is 12.5. The van der Waals surface area contributed by atoms with Crippen molar-refractivity contribution in [2.75, 3.05) is 20.7 Å². The van der Waals surface area contributed by atoms with E-state index in [0.717, 1.165) is 37.5 Å². The summed E-state index contributed by atoms with van der Waals surface area (Å²) in [6, 6.07) is 6.47. The lowest BCUT2D eigenvalue weighted by Gasteiger charge is -2.26. The molecular formula is C34H36F2N4O6. The number of fused-ring (bicyclic) bond motifs is 3. The lowest BCUT2D eigenvalue weighted by molar-refractivity contribution is -0.145. The Morgan fingerprint density at radius 3 is 2.54 bits per heavy atom. The van der Waals surface area contributed by atoms with Gasteiger partial charge in [-0.05, 0) is 69.7 Å². The van der Waals surface area contributed by atoms with Crippen LogP contribution >= 0.6 is 0 Å². The van der Waals surface area contributed by atoms with Gasteiger partial charge >= 0.3 is 5.97 Å². The van der Waals surface area contributed by atoms with Crippen LogP contribution < -0.4 is 14.8 Å². The number of carboxylic acids is 1. The highest BCUT2D eigenvalue weighted by Crippen LogP contribution is 2.46. The fourth-order valence-corrected chi connectivity index (χ4v) is 6.76. The van der Waals surface area contributed by atoms with E-state index in [1.54, 1.807) is 31.0 Å². The standard InChI is InChI=1S/C34H36F2N4O6/c1-18-27(45-3)10-9-24-28(18)37-29(19-12-21(35)14-22(36)13-19)38-31(24)46-23-15-25-26(16-23)32(42)40(2)11-7-5-4-6-8-20-17-34(20,33(43)44)39-30(25)41/h6,8-10,12-14,20,23,25-26H,4-5,7,11,15-17H2,1-3H3,(H,39,41)(H,43,44)/b8-6-/t20-,23-,25-,26-,34-/m1/s1. The minimum absolute atomic E-state index is 0.0265. The van der Waals surface area contributed by atoms with E-state index in [9.17, 15) is 28.3 Å². The van der Waals surface area contributed by atoms with Gasteiger partial charge < -0.3 is 24.8 Å². The summed E-state index contributed by atoms with van der Waals surface area (Å²) in [6.07, 6.45) is 6.15. The number of halogens is 2. The first kappa shape index (κ1) is 31.4. The molecule has 0 radical (unpaired) electrons. The Balaban J connectivity index is 1.36. The fourth-order valence-electron chi connectivity index (χ4n) is 6.76. The molecule has 1 aliphatic heterocycles. The van der Waals surface area contributed by atoms with Gasteiger partial charge in [0.25, 0.3) is 0 Å². The van der Waals surface area contributed by atoms with Crippen LogP contribution in [0.1, 0.15) is 44.1 Å². The van der Waals surface area contributed by atoms with Crippen molar-refractivity contribution in [3.63, 3.8) is 0 Å². The van der Waals surface area contributed by atoms with Crippen LogP contribution in [0.4, 0.5) is 8.78 Å². The number of carbonyl (C=O) groups excluding carboxylic acids is 2. The number of carbonyl (C=O) groups is 3. The monoisotopic (exact) mass is 634 g/mol. The summed E-state index contributed by atoms with van der Waals surface area (Å²) in [5, 5.41) is 13.3. The van der Waals surface area contributed by atoms with E-state index in [2.05, 4.69) is 15.3 Å². The van der Waals surface area contributed by atoms with E-state index in [4.69, 9.17) is 9.47 Å². The predicted octanol–water partition coefficient (Wildman–Crippen LogP) is 4.82. The number of methoxy groups -OCH3 is 1. The Hall–Kier alpha value is -4.61. The third-order valence-electron chi connectivity index (χ3n) is 9.43. The van der Waals surface area contributed by atoms with Crippen LogP contribution in [0.15, 0.2) is 42.5 Å². The summed E-state index contributed by atoms with van der Waals surface area (Å²) in [5.41, 5.74) is -0.183. The second kappa shape index (κ2) is 12.3. The number of allylic oxidation sites excluding steroid dienone is 1. The largest absolute Gasteiger partial charge is 0.496 e. The minimum Gasteiger partial charge on any atom is -0.496 e. The number of amides is 2. The number of rotatable bonds is 5. The summed E-state index contributed by atoms with van der Waals surface area (Å²) in [6.45, 7) is 2.32. The summed E-state index contributed by atoms with van der Waals surface area (Å²) >= 11 is 0. The van der Waals surface area contributed by atoms with E-state index >= 15 is 0 Å². The van der Waals surface area contributed by atoms with E-state index in [0.29, 0.717) is 28.8 Å². The zero-order valence-corrected chi connectivity index (χ0v) is 25.9. The Kier molecular flexibility index (Phi) is 8.39. The number of ether oxygens (including phenoxy) is 2. The molecule has 2 fully saturated rings. The van der Waals surface area contributed by atoms with Gasteiger partial charge in [-0.2, -0.15) is 4.98 Å². The highest BCUT2D eigenvalue weighted by atomic mass is 19.1. The molecule has 2 aromatic carbocycles. The normalized spacial score (nSPS) is 27.3. The van der Waals surface area contributed by atoms with E-state index in [1.165, 1.54) is 7.11 Å². The molecule has 0 spiro atoms. The molecule has 46 heavy (non-hydrogen) atoms. The first-order valence-corrected chi connectivity index (χ1v) is 15.5. The SMILES string of the molecule is COc1ccc2c(O[C@@H]3C[C@H]4C(=O)N[C@]5(C(=O)O)C[C@H]5/C=C\CCCCN(C)C(=O)[C@@H]4C3)nc(-c3cc(F)cc(F)c3)nc2c1C. The molecule has 2 aliphatic carbocycles. The van der Waals surface area contributed by atoms with Crippen molar-refractivity contribution >= 4 is 28.7 Å². The van der Waals surface area contributed by atoms with Crippen molar-refractivity contribution in [2.24, 2.45) is 17.8 Å². The van der Waals surface area contributed by atoms with E-state index < -0.39 is 47.0 Å². The average Bonchev–Trinajstić information content (AvgIpc) is 3.55. The number of carboxylic acid groups (broad SMARTS) is 1. The van der Waals surface area contributed by atoms with Crippen LogP contribution in [0.25, 0.3) is 22.3 Å². The Morgan fingerprint density at radius 2 is 1.83 bits per heavy atom. The Bertz CT molecular complexity index is 1730. The zero-order valence-electron chi connectivity index (χ0n) is 25.9. The Morgan fingerprint density at radius 1 is 1.09 bits per heavy atom. The van der Waals surface area contributed by atoms with Gasteiger partial charge in [0, 0.05) is 36.7 Å². The number of nitrogens with zero attached hydrogens (tertiary/aromatic N) is 3. The van der Waals surface area contributed by atoms with Crippen LogP contribution in [-0.4, -0.2) is 70.1 Å². The van der Waals surface area contributed by atoms with Crippen molar-refractivity contribution < 1.29 is 37.7 Å². The molecule has 2 heterocycles. The molecule has 242 valence electrons. The zero-order chi connectivity index (χ0) is 32.7. The van der Waals surface area contributed by atoms with Gasteiger partial charge in [-0.25, -0.2) is 18.6 Å². The summed E-state index contributed by atoms with van der Waals surface area (Å²) in [4.78, 5) is 50.6. The number of benzene rings is 2. The number of aromatic nitrogens is 2. The van der Waals surface area contributed by atoms with Crippen LogP contribution in [0, 0.1) is 36.3 Å². The number of hydrogen-bond donors (Lipinski definition) is 2. The van der Waals surface area contributed by atoms with Crippen LogP contribution in [0.5, 0.6) is 11.6 Å². The molecule has 5 atom stereocenters. The van der Waals surface area contributed by atoms with Gasteiger partial charge in [0.2, 0.25) is 17.7 Å². The maximum atomic E-state index is 14.2. The molecule has 3 aliphatic rings. The van der Waals surface area contributed by atoms with Crippen LogP contribution in [0.3, 0.4) is 0 Å². The molecule has 2 N–H and O–H groups in total. The molecule has 0 bridgehead atoms. The van der Waals surface area contributed by atoms with Crippen LogP contribution in [-0.2, 0) is 14.4 Å². The summed E-state index contributed by atoms with van der Waals surface area (Å²) in [7, 11) is 3.23. The molecule has 2 saturated carbocycles. The molecule has 10 nitrogen and oxygen atoms in total. The third kappa shape index (κ3) is 5.88. The third-order valence-corrected chi connectivity index (χ3v) is 9.43. The lowest BCUT2D eigenvalue weighted by Crippen LogP contribution is -2.49. The quantitative estimate of drug-likeness (QED) is 0.382. The van der Waals surface area contributed by atoms with E-state index in [-0.39, 0.29) is 48.4 Å². The number of aliphatic carboxylic acids is 1. The number of hydrogen-bond acceptors (Lipinski definition) is 7. The van der Waals surface area contributed by atoms with Gasteiger partial charge in [-0.3, -0.25) is 9.59 Å². The van der Waals surface area contributed by atoms with Gasteiger partial charge in [0.05, 0.1) is 29.8 Å². The number of nitrogens with one attached hydrogen (secondary N) is 1. The molecule has 1 aromatic heterocycles. The van der Waals surface area contributed by atoms with Crippen molar-refractivity contribution in [1.29, 1.82) is 0 Å². The molecule has 3 aromatic rings. The first-order chi connectivity index (χ1) is 22.0. The van der Waals surface area contributed by atoms with Crippen molar-refractivity contribution in [3.8, 4) is 23.0 Å². The maximum Gasteiger partial charge on any atom is 0.330 e. The summed E-state index contributed by atoms with van der Waals surface area (Å²) < 4.78 is 40.3. The molecule has 2 amide bonds.